The lowest BCUT2D eigenvalue weighted by molar-refractivity contribution is 0.383. The molecule has 0 saturated heterocycles. The van der Waals surface area contributed by atoms with Crippen LogP contribution in [0.2, 0.25) is 44.3 Å². The monoisotopic (exact) mass is 340 g/mol. The van der Waals surface area contributed by atoms with Crippen LogP contribution in [-0.4, -0.2) is 25.2 Å². The zero-order chi connectivity index (χ0) is 16.5. The molecule has 1 atom stereocenters. The third-order valence-corrected chi connectivity index (χ3v) is 16.7. The van der Waals surface area contributed by atoms with E-state index < -0.39 is 25.2 Å². The smallest absolute Gasteiger partial charge is 0.348 e. The minimum absolute atomic E-state index is 0.193. The summed E-state index contributed by atoms with van der Waals surface area (Å²) in [7, 11) is -5.92. The van der Waals surface area contributed by atoms with Gasteiger partial charge in [0.25, 0.3) is 0 Å². The quantitative estimate of drug-likeness (QED) is 0.714. The summed E-state index contributed by atoms with van der Waals surface area (Å²) in [6.07, 6.45) is 0. The fourth-order valence-electron chi connectivity index (χ4n) is 2.10. The largest absolute Gasteiger partial charge is 0.433 e. The van der Waals surface area contributed by atoms with E-state index in [0.717, 1.165) is 0 Å². The minimum atomic E-state index is -2.38. The Bertz CT molecular complexity index is 461. The first-order valence-corrected chi connectivity index (χ1v) is 16.4. The van der Waals surface area contributed by atoms with Gasteiger partial charge in [-0.05, 0) is 49.5 Å². The van der Waals surface area contributed by atoms with E-state index in [2.05, 4.69) is 90.4 Å². The van der Waals surface area contributed by atoms with E-state index in [1.165, 1.54) is 5.19 Å². The Labute approximate surface area is 134 Å². The van der Waals surface area contributed by atoms with Gasteiger partial charge in [-0.25, -0.2) is 0 Å². The van der Waals surface area contributed by atoms with Crippen molar-refractivity contribution < 1.29 is 8.23 Å². The number of rotatable bonds is 5. The maximum Gasteiger partial charge on any atom is 0.348 e. The number of hydrogen-bond donors (Lipinski definition) is 0. The van der Waals surface area contributed by atoms with E-state index in [1.807, 2.05) is 0 Å². The second-order valence-corrected chi connectivity index (χ2v) is 21.2. The van der Waals surface area contributed by atoms with Crippen LogP contribution < -0.4 is 5.19 Å². The molecule has 0 aromatic heterocycles. The van der Waals surface area contributed by atoms with Crippen molar-refractivity contribution in [3.63, 3.8) is 0 Å². The first-order valence-electron chi connectivity index (χ1n) is 7.73. The van der Waals surface area contributed by atoms with Gasteiger partial charge in [-0.2, -0.15) is 0 Å². The summed E-state index contributed by atoms with van der Waals surface area (Å²) in [5.41, 5.74) is 0. The van der Waals surface area contributed by atoms with Gasteiger partial charge in [-0.1, -0.05) is 51.1 Å². The van der Waals surface area contributed by atoms with Gasteiger partial charge in [0, 0.05) is 0 Å². The molecule has 1 aromatic carbocycles. The third kappa shape index (κ3) is 5.18. The lowest BCUT2D eigenvalue weighted by atomic mass is 10.2. The molecule has 0 radical (unpaired) electrons. The van der Waals surface area contributed by atoms with Gasteiger partial charge in [0.05, 0.1) is 0 Å². The molecule has 0 aliphatic rings. The number of benzene rings is 1. The van der Waals surface area contributed by atoms with Crippen LogP contribution in [0.4, 0.5) is 0 Å². The first kappa shape index (κ1) is 18.8. The van der Waals surface area contributed by atoms with E-state index in [9.17, 15) is 0 Å². The topological polar surface area (TPSA) is 18.5 Å². The van der Waals surface area contributed by atoms with Crippen molar-refractivity contribution in [2.24, 2.45) is 0 Å². The summed E-state index contributed by atoms with van der Waals surface area (Å²) >= 11 is 0. The van der Waals surface area contributed by atoms with Crippen molar-refractivity contribution >= 4 is 30.4 Å². The molecule has 120 valence electrons. The molecule has 1 rings (SSSR count). The summed E-state index contributed by atoms with van der Waals surface area (Å²) in [6, 6.07) is 10.6. The Morgan fingerprint density at radius 2 is 1.24 bits per heavy atom. The molecule has 21 heavy (non-hydrogen) atoms. The molecule has 2 nitrogen and oxygen atoms in total. The molecular formula is C16H32O2Si3. The van der Waals surface area contributed by atoms with Crippen LogP contribution in [0.1, 0.15) is 20.8 Å². The fourth-order valence-corrected chi connectivity index (χ4v) is 14.2. The Morgan fingerprint density at radius 3 is 1.62 bits per heavy atom. The van der Waals surface area contributed by atoms with Gasteiger partial charge >= 0.3 is 8.56 Å². The lowest BCUT2D eigenvalue weighted by Gasteiger charge is -2.45. The second kappa shape index (κ2) is 6.12. The Balaban J connectivity index is 3.22. The second-order valence-electron chi connectivity index (χ2n) is 8.39. The van der Waals surface area contributed by atoms with Crippen LogP contribution in [-0.2, 0) is 8.23 Å². The van der Waals surface area contributed by atoms with E-state index >= 15 is 0 Å². The zero-order valence-corrected chi connectivity index (χ0v) is 18.2. The Morgan fingerprint density at radius 1 is 0.762 bits per heavy atom. The summed E-state index contributed by atoms with van der Waals surface area (Å²) < 4.78 is 13.5. The van der Waals surface area contributed by atoms with Crippen molar-refractivity contribution in [1.29, 1.82) is 0 Å². The highest BCUT2D eigenvalue weighted by atomic mass is 28.5. The highest BCUT2D eigenvalue weighted by molar-refractivity contribution is 6.94. The van der Waals surface area contributed by atoms with Gasteiger partial charge in [-0.3, -0.25) is 0 Å². The molecule has 0 heterocycles. The molecule has 0 saturated carbocycles. The molecular weight excluding hydrogens is 308 g/mol. The average Bonchev–Trinajstić information content (AvgIpc) is 2.25. The molecule has 0 aliphatic heterocycles. The van der Waals surface area contributed by atoms with Crippen LogP contribution in [0.15, 0.2) is 30.3 Å². The van der Waals surface area contributed by atoms with Crippen molar-refractivity contribution in [2.45, 2.75) is 65.1 Å². The van der Waals surface area contributed by atoms with Crippen LogP contribution in [0.25, 0.3) is 0 Å². The molecule has 0 fully saturated rings. The standard InChI is InChI=1S/C16H32O2Si3/c1-16(2,3)20(7,8)18-21(9,17-19(4,5)6)15-13-11-10-12-14-15/h10-14H,1-9H3. The molecule has 1 unspecified atom stereocenters. The van der Waals surface area contributed by atoms with E-state index in [1.54, 1.807) is 0 Å². The van der Waals surface area contributed by atoms with Crippen molar-refractivity contribution in [2.75, 3.05) is 0 Å². The molecule has 0 N–H and O–H groups in total. The number of hydrogen-bond acceptors (Lipinski definition) is 2. The predicted octanol–water partition coefficient (Wildman–Crippen LogP) is 4.84. The van der Waals surface area contributed by atoms with Crippen LogP contribution in [0.3, 0.4) is 0 Å². The fraction of sp³-hybridized carbons (Fsp3) is 0.625. The van der Waals surface area contributed by atoms with Crippen LogP contribution >= 0.6 is 0 Å². The first-order chi connectivity index (χ1) is 9.27. The Hall–Kier alpha value is -0.209. The highest BCUT2D eigenvalue weighted by Crippen LogP contribution is 2.38. The molecule has 0 aliphatic carbocycles. The van der Waals surface area contributed by atoms with Crippen LogP contribution in [0, 0.1) is 0 Å². The zero-order valence-electron chi connectivity index (χ0n) is 15.2. The highest BCUT2D eigenvalue weighted by Gasteiger charge is 2.47. The predicted molar refractivity (Wildman–Crippen MR) is 100 cm³/mol. The molecule has 5 heteroatoms. The van der Waals surface area contributed by atoms with Gasteiger partial charge in [0.2, 0.25) is 0 Å². The lowest BCUT2D eigenvalue weighted by Crippen LogP contribution is -2.62. The van der Waals surface area contributed by atoms with E-state index in [-0.39, 0.29) is 5.04 Å². The SMILES string of the molecule is CC(C)(C)[Si](C)(C)O[Si](C)(O[Si](C)(C)C)c1ccccc1. The molecule has 0 spiro atoms. The molecule has 1 aromatic rings. The van der Waals surface area contributed by atoms with Gasteiger partial charge in [0.1, 0.15) is 0 Å². The molecule has 0 bridgehead atoms. The Kier molecular flexibility index (Phi) is 5.49. The van der Waals surface area contributed by atoms with Crippen molar-refractivity contribution in [3.05, 3.63) is 30.3 Å². The maximum atomic E-state index is 6.84. The summed E-state index contributed by atoms with van der Waals surface area (Å²) in [5.74, 6) is 0. The summed E-state index contributed by atoms with van der Waals surface area (Å²) in [5, 5.41) is 1.44. The van der Waals surface area contributed by atoms with Gasteiger partial charge < -0.3 is 8.23 Å². The average molecular weight is 341 g/mol. The summed E-state index contributed by atoms with van der Waals surface area (Å²) in [4.78, 5) is 0. The normalized spacial score (nSPS) is 16.6. The van der Waals surface area contributed by atoms with Crippen LogP contribution in [0.5, 0.6) is 0 Å². The van der Waals surface area contributed by atoms with Gasteiger partial charge in [-0.15, -0.1) is 0 Å². The summed E-state index contributed by atoms with van der Waals surface area (Å²) in [6.45, 7) is 20.4. The van der Waals surface area contributed by atoms with E-state index in [4.69, 9.17) is 8.23 Å². The maximum absolute atomic E-state index is 6.84. The minimum Gasteiger partial charge on any atom is -0.433 e. The van der Waals surface area contributed by atoms with Crippen molar-refractivity contribution in [1.82, 2.24) is 0 Å². The third-order valence-electron chi connectivity index (χ3n) is 4.06. The molecule has 0 amide bonds. The van der Waals surface area contributed by atoms with Crippen molar-refractivity contribution in [3.8, 4) is 0 Å². The van der Waals surface area contributed by atoms with Gasteiger partial charge in [0.15, 0.2) is 16.6 Å². The van der Waals surface area contributed by atoms with E-state index in [0.29, 0.717) is 0 Å².